The molecule has 0 unspecified atom stereocenters. The Morgan fingerprint density at radius 2 is 1.39 bits per heavy atom. The number of carbonyl (C=O) groups is 2. The zero-order valence-corrected chi connectivity index (χ0v) is 18.0. The van der Waals surface area contributed by atoms with Crippen molar-refractivity contribution in [1.82, 2.24) is 10.2 Å². The van der Waals surface area contributed by atoms with Crippen molar-refractivity contribution in [3.8, 4) is 11.1 Å². The third kappa shape index (κ3) is 6.76. The summed E-state index contributed by atoms with van der Waals surface area (Å²) >= 11 is 5.46. The van der Waals surface area contributed by atoms with Gasteiger partial charge in [0.15, 0.2) is 5.11 Å². The smallest absolute Gasteiger partial charge is 0.257 e. The fourth-order valence-electron chi connectivity index (χ4n) is 3.16. The Morgan fingerprint density at radius 3 is 2.00 bits per heavy atom. The Morgan fingerprint density at radius 1 is 0.806 bits per heavy atom. The minimum Gasteiger partial charge on any atom is -0.370 e. The molecule has 31 heavy (non-hydrogen) atoms. The maximum Gasteiger partial charge on any atom is 0.257 e. The van der Waals surface area contributed by atoms with Crippen LogP contribution in [0, 0.1) is 0 Å². The number of rotatable bonds is 8. The molecule has 158 valence electrons. The maximum atomic E-state index is 12.7. The van der Waals surface area contributed by atoms with Gasteiger partial charge in [-0.3, -0.25) is 14.9 Å². The normalized spacial score (nSPS) is 10.3. The van der Waals surface area contributed by atoms with Gasteiger partial charge >= 0.3 is 0 Å². The largest absolute Gasteiger partial charge is 0.370 e. The summed E-state index contributed by atoms with van der Waals surface area (Å²) in [5.41, 5.74) is 9.09. The lowest BCUT2D eigenvalue weighted by molar-refractivity contribution is -0.118. The summed E-state index contributed by atoms with van der Waals surface area (Å²) in [5, 5.41) is 3.07. The molecule has 3 rings (SSSR count). The number of nitrogens with one attached hydrogen (secondary N) is 1. The van der Waals surface area contributed by atoms with Gasteiger partial charge < -0.3 is 10.6 Å². The molecule has 0 aromatic heterocycles. The van der Waals surface area contributed by atoms with Crippen LogP contribution in [0.5, 0.6) is 0 Å². The number of primary amides is 1. The van der Waals surface area contributed by atoms with Crippen LogP contribution < -0.4 is 11.1 Å². The fraction of sp³-hybridized carbons (Fsp3) is 0.160. The van der Waals surface area contributed by atoms with E-state index in [9.17, 15) is 9.59 Å². The maximum absolute atomic E-state index is 12.7. The standard InChI is InChI=1S/C25H25N3O2S/c26-23(29)16-18-28(17-15-19-7-3-1-4-8-19)25(31)27-24(30)22-13-11-21(12-14-22)20-9-5-2-6-10-20/h1-14H,15-18H2,(H2,26,29)(H,27,30,31). The van der Waals surface area contributed by atoms with Crippen LogP contribution in [0.3, 0.4) is 0 Å². The molecule has 2 amide bonds. The summed E-state index contributed by atoms with van der Waals surface area (Å²) in [5.74, 6) is -0.691. The molecule has 0 atom stereocenters. The van der Waals surface area contributed by atoms with Gasteiger partial charge in [-0.1, -0.05) is 72.8 Å². The molecule has 3 N–H and O–H groups in total. The number of hydrogen-bond donors (Lipinski definition) is 2. The van der Waals surface area contributed by atoms with E-state index in [2.05, 4.69) is 5.32 Å². The van der Waals surface area contributed by atoms with Crippen LogP contribution in [0.15, 0.2) is 84.9 Å². The molecule has 5 nitrogen and oxygen atoms in total. The van der Waals surface area contributed by atoms with Gasteiger partial charge in [0.1, 0.15) is 0 Å². The van der Waals surface area contributed by atoms with E-state index in [1.165, 1.54) is 0 Å². The van der Waals surface area contributed by atoms with E-state index in [4.69, 9.17) is 18.0 Å². The lowest BCUT2D eigenvalue weighted by Crippen LogP contribution is -2.44. The first kappa shape index (κ1) is 22.2. The number of nitrogens with zero attached hydrogens (tertiary/aromatic N) is 1. The summed E-state index contributed by atoms with van der Waals surface area (Å²) in [7, 11) is 0. The molecule has 0 aliphatic heterocycles. The van der Waals surface area contributed by atoms with Crippen LogP contribution in [0.2, 0.25) is 0 Å². The molecule has 0 fully saturated rings. The Bertz CT molecular complexity index is 1020. The molecule has 0 saturated heterocycles. The van der Waals surface area contributed by atoms with Crippen molar-refractivity contribution in [1.29, 1.82) is 0 Å². The summed E-state index contributed by atoms with van der Waals surface area (Å²) in [6.07, 6.45) is 0.901. The highest BCUT2D eigenvalue weighted by atomic mass is 32.1. The molecule has 0 aliphatic carbocycles. The highest BCUT2D eigenvalue weighted by Crippen LogP contribution is 2.19. The highest BCUT2D eigenvalue weighted by molar-refractivity contribution is 7.80. The van der Waals surface area contributed by atoms with Crippen molar-refractivity contribution in [3.63, 3.8) is 0 Å². The molecule has 3 aromatic carbocycles. The molecule has 0 saturated carbocycles. The SMILES string of the molecule is NC(=O)CCN(CCc1ccccc1)C(=S)NC(=O)c1ccc(-c2ccccc2)cc1. The van der Waals surface area contributed by atoms with Crippen LogP contribution in [-0.2, 0) is 11.2 Å². The molecule has 0 radical (unpaired) electrons. The predicted octanol–water partition coefficient (Wildman–Crippen LogP) is 3.79. The van der Waals surface area contributed by atoms with E-state index in [0.717, 1.165) is 23.1 Å². The molecule has 0 bridgehead atoms. The molecular weight excluding hydrogens is 406 g/mol. The first-order valence-corrected chi connectivity index (χ1v) is 10.5. The summed E-state index contributed by atoms with van der Waals surface area (Å²) in [6, 6.07) is 27.3. The van der Waals surface area contributed by atoms with Crippen LogP contribution in [0.1, 0.15) is 22.3 Å². The van der Waals surface area contributed by atoms with Crippen LogP contribution in [0.4, 0.5) is 0 Å². The van der Waals surface area contributed by atoms with Crippen molar-refractivity contribution in [3.05, 3.63) is 96.1 Å². The van der Waals surface area contributed by atoms with E-state index < -0.39 is 5.91 Å². The van der Waals surface area contributed by atoms with Gasteiger partial charge in [0.25, 0.3) is 5.91 Å². The Kier molecular flexibility index (Phi) is 7.90. The second-order valence-electron chi connectivity index (χ2n) is 7.14. The zero-order valence-electron chi connectivity index (χ0n) is 17.2. The van der Waals surface area contributed by atoms with Crippen LogP contribution in [0.25, 0.3) is 11.1 Å². The summed E-state index contributed by atoms with van der Waals surface area (Å²) in [6.45, 7) is 0.928. The van der Waals surface area contributed by atoms with Gasteiger partial charge in [0.05, 0.1) is 0 Å². The zero-order chi connectivity index (χ0) is 22.1. The number of hydrogen-bond acceptors (Lipinski definition) is 3. The highest BCUT2D eigenvalue weighted by Gasteiger charge is 2.15. The number of benzene rings is 3. The Hall–Kier alpha value is -3.51. The van der Waals surface area contributed by atoms with E-state index in [0.29, 0.717) is 18.7 Å². The van der Waals surface area contributed by atoms with Gasteiger partial charge in [-0.15, -0.1) is 0 Å². The number of thiocarbonyl (C=S) groups is 1. The first-order chi connectivity index (χ1) is 15.0. The molecule has 0 heterocycles. The molecule has 0 spiro atoms. The van der Waals surface area contributed by atoms with Crippen molar-refractivity contribution >= 4 is 29.1 Å². The minimum absolute atomic E-state index is 0.163. The van der Waals surface area contributed by atoms with E-state index in [-0.39, 0.29) is 17.4 Å². The molecule has 6 heteroatoms. The summed E-state index contributed by atoms with van der Waals surface area (Å²) < 4.78 is 0. The molecule has 0 aliphatic rings. The van der Waals surface area contributed by atoms with Gasteiger partial charge in [-0.25, -0.2) is 0 Å². The number of amides is 2. The lowest BCUT2D eigenvalue weighted by Gasteiger charge is -2.25. The topological polar surface area (TPSA) is 75.4 Å². The predicted molar refractivity (Wildman–Crippen MR) is 127 cm³/mol. The van der Waals surface area contributed by atoms with Gasteiger partial charge in [0, 0.05) is 25.1 Å². The second-order valence-corrected chi connectivity index (χ2v) is 7.53. The van der Waals surface area contributed by atoms with E-state index in [1.807, 2.05) is 77.7 Å². The lowest BCUT2D eigenvalue weighted by atomic mass is 10.0. The van der Waals surface area contributed by atoms with Crippen molar-refractivity contribution in [2.75, 3.05) is 13.1 Å². The molecule has 3 aromatic rings. The first-order valence-electron chi connectivity index (χ1n) is 10.1. The molecular formula is C25H25N3O2S. The average molecular weight is 432 g/mol. The number of carbonyl (C=O) groups excluding carboxylic acids is 2. The quantitative estimate of drug-likeness (QED) is 0.532. The van der Waals surface area contributed by atoms with E-state index >= 15 is 0 Å². The number of nitrogens with two attached hydrogens (primary N) is 1. The minimum atomic E-state index is -0.407. The Labute approximate surface area is 187 Å². The second kappa shape index (κ2) is 11.0. The van der Waals surface area contributed by atoms with Gasteiger partial charge in [0.2, 0.25) is 5.91 Å². The van der Waals surface area contributed by atoms with Gasteiger partial charge in [-0.2, -0.15) is 0 Å². The third-order valence-electron chi connectivity index (χ3n) is 4.90. The third-order valence-corrected chi connectivity index (χ3v) is 5.26. The van der Waals surface area contributed by atoms with Crippen molar-refractivity contribution < 1.29 is 9.59 Å². The van der Waals surface area contributed by atoms with Crippen molar-refractivity contribution in [2.24, 2.45) is 5.73 Å². The van der Waals surface area contributed by atoms with Crippen LogP contribution >= 0.6 is 12.2 Å². The van der Waals surface area contributed by atoms with Crippen molar-refractivity contribution in [2.45, 2.75) is 12.8 Å². The Balaban J connectivity index is 1.63. The monoisotopic (exact) mass is 431 g/mol. The summed E-state index contributed by atoms with van der Waals surface area (Å²) in [4.78, 5) is 25.8. The average Bonchev–Trinajstić information content (AvgIpc) is 2.80. The van der Waals surface area contributed by atoms with Crippen LogP contribution in [-0.4, -0.2) is 34.9 Å². The van der Waals surface area contributed by atoms with Gasteiger partial charge in [-0.05, 0) is 47.5 Å². The fourth-order valence-corrected chi connectivity index (χ4v) is 3.44. The van der Waals surface area contributed by atoms with E-state index in [1.54, 1.807) is 12.1 Å².